The lowest BCUT2D eigenvalue weighted by molar-refractivity contribution is -0.122. The summed E-state index contributed by atoms with van der Waals surface area (Å²) in [6, 6.07) is 3.88. The second-order valence-electron chi connectivity index (χ2n) is 7.25. The van der Waals surface area contributed by atoms with Crippen LogP contribution in [0.2, 0.25) is 0 Å². The Bertz CT molecular complexity index is 1010. The zero-order chi connectivity index (χ0) is 20.4. The lowest BCUT2D eigenvalue weighted by atomic mass is 9.96. The Balaban J connectivity index is 1.77. The van der Waals surface area contributed by atoms with Crippen LogP contribution in [0.1, 0.15) is 31.2 Å². The van der Waals surface area contributed by atoms with Crippen molar-refractivity contribution in [2.24, 2.45) is 11.7 Å². The minimum Gasteiger partial charge on any atom is -0.369 e. The Morgan fingerprint density at radius 2 is 2.00 bits per heavy atom. The van der Waals surface area contributed by atoms with E-state index in [1.54, 1.807) is 12.4 Å². The Labute approximate surface area is 169 Å². The molecule has 8 nitrogen and oxygen atoms in total. The number of piperidine rings is 1. The smallest absolute Gasteiger partial charge is 0.225 e. The average molecular weight is 392 g/mol. The largest absolute Gasteiger partial charge is 0.369 e. The lowest BCUT2D eigenvalue weighted by Gasteiger charge is -2.30. The zero-order valence-corrected chi connectivity index (χ0v) is 16.6. The van der Waals surface area contributed by atoms with E-state index in [1.807, 2.05) is 32.2 Å². The lowest BCUT2D eigenvalue weighted by Crippen LogP contribution is -2.39. The fraction of sp³-hybridized carbons (Fsp3) is 0.381. The summed E-state index contributed by atoms with van der Waals surface area (Å²) in [6.45, 7) is 5.36. The van der Waals surface area contributed by atoms with Gasteiger partial charge in [-0.15, -0.1) is 0 Å². The van der Waals surface area contributed by atoms with Crippen LogP contribution in [0.4, 0.5) is 5.95 Å². The highest BCUT2D eigenvalue weighted by molar-refractivity contribution is 5.82. The number of hydrogen-bond donors (Lipinski definition) is 1. The molecule has 1 saturated heterocycles. The third-order valence-electron chi connectivity index (χ3n) is 5.44. The average Bonchev–Trinajstić information content (AvgIpc) is 3.14. The van der Waals surface area contributed by atoms with E-state index in [9.17, 15) is 4.79 Å². The van der Waals surface area contributed by atoms with E-state index in [1.165, 1.54) is 0 Å². The van der Waals surface area contributed by atoms with Crippen molar-refractivity contribution in [1.82, 2.24) is 20.1 Å². The molecule has 0 aliphatic carbocycles. The van der Waals surface area contributed by atoms with Gasteiger partial charge in [0, 0.05) is 49.6 Å². The van der Waals surface area contributed by atoms with E-state index < -0.39 is 0 Å². The minimum absolute atomic E-state index is 0.0752. The molecule has 0 bridgehead atoms. The van der Waals surface area contributed by atoms with Crippen LogP contribution in [0, 0.1) is 12.8 Å². The maximum Gasteiger partial charge on any atom is 0.225 e. The van der Waals surface area contributed by atoms with Gasteiger partial charge >= 0.3 is 0 Å². The van der Waals surface area contributed by atoms with E-state index in [0.29, 0.717) is 31.9 Å². The number of aryl methyl sites for hydroxylation is 2. The first kappa shape index (κ1) is 19.0. The monoisotopic (exact) mass is 392 g/mol. The van der Waals surface area contributed by atoms with Crippen LogP contribution in [0.15, 0.2) is 35.2 Å². The number of carbonyl (C=O) groups excluding carboxylic acids is 1. The molecule has 4 rings (SSSR count). The molecule has 8 heteroatoms. The fourth-order valence-electron chi connectivity index (χ4n) is 3.78. The number of nitrogens with two attached hydrogens (primary N) is 1. The van der Waals surface area contributed by atoms with Gasteiger partial charge in [-0.3, -0.25) is 9.78 Å². The molecule has 1 aliphatic rings. The van der Waals surface area contributed by atoms with E-state index in [-0.39, 0.29) is 11.8 Å². The maximum atomic E-state index is 11.5. The number of anilines is 1. The first-order chi connectivity index (χ1) is 14.1. The molecule has 29 heavy (non-hydrogen) atoms. The van der Waals surface area contributed by atoms with Crippen LogP contribution < -0.4 is 10.6 Å². The minimum atomic E-state index is -0.230. The van der Waals surface area contributed by atoms with E-state index >= 15 is 0 Å². The van der Waals surface area contributed by atoms with Gasteiger partial charge in [0.25, 0.3) is 0 Å². The summed E-state index contributed by atoms with van der Waals surface area (Å²) in [4.78, 5) is 27.2. The van der Waals surface area contributed by atoms with Crippen LogP contribution in [0.5, 0.6) is 0 Å². The normalized spacial score (nSPS) is 14.9. The molecule has 150 valence electrons. The number of rotatable bonds is 5. The second kappa shape index (κ2) is 7.98. The highest BCUT2D eigenvalue weighted by Crippen LogP contribution is 2.35. The SMILES string of the molecule is CCc1onc(C)c1-c1nc(N2CCC(C(N)=O)CC2)ncc1-c1ccncc1. The summed E-state index contributed by atoms with van der Waals surface area (Å²) in [5.74, 6) is 1.14. The molecule has 2 N–H and O–H groups in total. The van der Waals surface area contributed by atoms with Gasteiger partial charge in [0.05, 0.1) is 17.0 Å². The van der Waals surface area contributed by atoms with Crippen molar-refractivity contribution in [3.63, 3.8) is 0 Å². The molecule has 0 atom stereocenters. The topological polar surface area (TPSA) is 111 Å². The van der Waals surface area contributed by atoms with Crippen molar-refractivity contribution in [3.8, 4) is 22.4 Å². The van der Waals surface area contributed by atoms with Gasteiger partial charge in [0.1, 0.15) is 5.76 Å². The van der Waals surface area contributed by atoms with Gasteiger partial charge in [-0.25, -0.2) is 9.97 Å². The first-order valence-electron chi connectivity index (χ1n) is 9.85. The molecule has 3 aromatic rings. The summed E-state index contributed by atoms with van der Waals surface area (Å²) in [5, 5.41) is 4.16. The van der Waals surface area contributed by atoms with Crippen molar-refractivity contribution < 1.29 is 9.32 Å². The van der Waals surface area contributed by atoms with Crippen molar-refractivity contribution in [1.29, 1.82) is 0 Å². The number of pyridine rings is 1. The molecule has 3 aromatic heterocycles. The van der Waals surface area contributed by atoms with E-state index in [2.05, 4.69) is 20.0 Å². The summed E-state index contributed by atoms with van der Waals surface area (Å²) >= 11 is 0. The Kier molecular flexibility index (Phi) is 5.24. The number of aromatic nitrogens is 4. The molecular weight excluding hydrogens is 368 g/mol. The van der Waals surface area contributed by atoms with Crippen LogP contribution in [0.25, 0.3) is 22.4 Å². The molecule has 1 aliphatic heterocycles. The standard InChI is InChI=1S/C21H24N6O2/c1-3-17-18(13(2)26-29-17)19-16(14-4-8-23-9-5-14)12-24-21(25-19)27-10-6-15(7-11-27)20(22)28/h4-5,8-9,12,15H,3,6-7,10-11H2,1-2H3,(H2,22,28). The molecule has 4 heterocycles. The molecule has 0 spiro atoms. The molecule has 1 fully saturated rings. The van der Waals surface area contributed by atoms with Gasteiger partial charge in [0.15, 0.2) is 0 Å². The third-order valence-corrected chi connectivity index (χ3v) is 5.44. The summed E-state index contributed by atoms with van der Waals surface area (Å²) < 4.78 is 5.53. The summed E-state index contributed by atoms with van der Waals surface area (Å²) in [6.07, 6.45) is 7.50. The highest BCUT2D eigenvalue weighted by Gasteiger charge is 2.26. The van der Waals surface area contributed by atoms with Gasteiger partial charge in [-0.05, 0) is 37.5 Å². The van der Waals surface area contributed by atoms with E-state index in [4.69, 9.17) is 15.2 Å². The molecule has 0 aromatic carbocycles. The van der Waals surface area contributed by atoms with Gasteiger partial charge in [0.2, 0.25) is 11.9 Å². The number of nitrogens with zero attached hydrogens (tertiary/aromatic N) is 5. The first-order valence-corrected chi connectivity index (χ1v) is 9.85. The number of amides is 1. The van der Waals surface area contributed by atoms with E-state index in [0.717, 1.165) is 40.3 Å². The van der Waals surface area contributed by atoms with Crippen LogP contribution >= 0.6 is 0 Å². The number of primary amides is 1. The quantitative estimate of drug-likeness (QED) is 0.710. The van der Waals surface area contributed by atoms with Crippen LogP contribution in [-0.2, 0) is 11.2 Å². The maximum absolute atomic E-state index is 11.5. The fourth-order valence-corrected chi connectivity index (χ4v) is 3.78. The third kappa shape index (κ3) is 3.70. The second-order valence-corrected chi connectivity index (χ2v) is 7.25. The van der Waals surface area contributed by atoms with Gasteiger partial charge < -0.3 is 15.2 Å². The number of carbonyl (C=O) groups is 1. The Morgan fingerprint density at radius 1 is 1.28 bits per heavy atom. The predicted molar refractivity (Wildman–Crippen MR) is 109 cm³/mol. The predicted octanol–water partition coefficient (Wildman–Crippen LogP) is 2.77. The summed E-state index contributed by atoms with van der Waals surface area (Å²) in [7, 11) is 0. The summed E-state index contributed by atoms with van der Waals surface area (Å²) in [5.41, 5.74) is 9.86. The zero-order valence-electron chi connectivity index (χ0n) is 16.6. The van der Waals surface area contributed by atoms with Crippen LogP contribution in [0.3, 0.4) is 0 Å². The molecule has 0 radical (unpaired) electrons. The van der Waals surface area contributed by atoms with Gasteiger partial charge in [-0.1, -0.05) is 12.1 Å². The van der Waals surface area contributed by atoms with Crippen molar-refractivity contribution in [2.75, 3.05) is 18.0 Å². The molecule has 1 amide bonds. The van der Waals surface area contributed by atoms with Crippen molar-refractivity contribution >= 4 is 11.9 Å². The molecule has 0 saturated carbocycles. The Hall–Kier alpha value is -3.29. The Morgan fingerprint density at radius 3 is 2.66 bits per heavy atom. The molecule has 0 unspecified atom stereocenters. The molecular formula is C21H24N6O2. The highest BCUT2D eigenvalue weighted by atomic mass is 16.5. The van der Waals surface area contributed by atoms with Crippen LogP contribution in [-0.4, -0.2) is 39.1 Å². The number of hydrogen-bond acceptors (Lipinski definition) is 7. The van der Waals surface area contributed by atoms with Crippen molar-refractivity contribution in [3.05, 3.63) is 42.2 Å². The van der Waals surface area contributed by atoms with Crippen molar-refractivity contribution in [2.45, 2.75) is 33.1 Å². The van der Waals surface area contributed by atoms with Gasteiger partial charge in [-0.2, -0.15) is 0 Å².